The van der Waals surface area contributed by atoms with Gasteiger partial charge < -0.3 is 14.2 Å². The first-order valence-corrected chi connectivity index (χ1v) is 11.5. The second-order valence-electron chi connectivity index (χ2n) is 9.13. The molecule has 2 fully saturated rings. The van der Waals surface area contributed by atoms with E-state index >= 15 is 0 Å². The first-order chi connectivity index (χ1) is 14.7. The summed E-state index contributed by atoms with van der Waals surface area (Å²) in [5, 5.41) is 19.1. The van der Waals surface area contributed by atoms with E-state index in [0.717, 1.165) is 54.0 Å². The van der Waals surface area contributed by atoms with Gasteiger partial charge in [-0.3, -0.25) is 10.8 Å². The molecule has 0 saturated carbocycles. The first kappa shape index (κ1) is 23.5. The molecule has 31 heavy (non-hydrogen) atoms. The summed E-state index contributed by atoms with van der Waals surface area (Å²) >= 11 is 0. The summed E-state index contributed by atoms with van der Waals surface area (Å²) < 4.78 is 12.5. The summed E-state index contributed by atoms with van der Waals surface area (Å²) in [5.41, 5.74) is 1.10. The van der Waals surface area contributed by atoms with Crippen molar-refractivity contribution >= 4 is 35.0 Å². The van der Waals surface area contributed by atoms with Crippen LogP contribution in [0.5, 0.6) is 0 Å². The van der Waals surface area contributed by atoms with Crippen molar-refractivity contribution < 1.29 is 9.31 Å². The van der Waals surface area contributed by atoms with Gasteiger partial charge in [0, 0.05) is 18.5 Å². The molecular formula is C25H36BN3O2. The Morgan fingerprint density at radius 2 is 1.65 bits per heavy atom. The monoisotopic (exact) mass is 421 g/mol. The van der Waals surface area contributed by atoms with Crippen molar-refractivity contribution in [1.29, 1.82) is 10.8 Å². The maximum Gasteiger partial charge on any atom is 0.495 e. The predicted octanol–water partition coefficient (Wildman–Crippen LogP) is 5.34. The molecule has 0 aromatic heterocycles. The lowest BCUT2D eigenvalue weighted by atomic mass is 9.76. The van der Waals surface area contributed by atoms with Gasteiger partial charge in [0.2, 0.25) is 0 Å². The van der Waals surface area contributed by atoms with Crippen molar-refractivity contribution in [3.05, 3.63) is 42.0 Å². The van der Waals surface area contributed by atoms with E-state index in [0.29, 0.717) is 11.7 Å². The molecule has 2 aromatic carbocycles. The zero-order valence-corrected chi connectivity index (χ0v) is 19.8. The third-order valence-electron chi connectivity index (χ3n) is 6.59. The Hall–Kier alpha value is -2.18. The van der Waals surface area contributed by atoms with Crippen LogP contribution >= 0.6 is 0 Å². The highest BCUT2D eigenvalue weighted by molar-refractivity contribution is 6.65. The summed E-state index contributed by atoms with van der Waals surface area (Å²) in [4.78, 5) is 1.85. The van der Waals surface area contributed by atoms with Crippen molar-refractivity contribution in [2.75, 3.05) is 6.54 Å². The number of nitrogens with zero attached hydrogens (tertiary/aromatic N) is 1. The molecule has 2 saturated heterocycles. The second-order valence-corrected chi connectivity index (χ2v) is 9.13. The Morgan fingerprint density at radius 3 is 2.32 bits per heavy atom. The molecule has 0 atom stereocenters. The summed E-state index contributed by atoms with van der Waals surface area (Å²) in [6, 6.07) is 12.2. The van der Waals surface area contributed by atoms with Crippen LogP contribution in [0, 0.1) is 10.8 Å². The molecule has 166 valence electrons. The van der Waals surface area contributed by atoms with Gasteiger partial charge in [-0.25, -0.2) is 0 Å². The van der Waals surface area contributed by atoms with Crippen molar-refractivity contribution in [3.63, 3.8) is 0 Å². The van der Waals surface area contributed by atoms with E-state index in [2.05, 4.69) is 45.9 Å². The standard InChI is InChI=1S/C23H30BN3O2.C2H6/c1-22(2)23(3,4)29-24(28-22)19-10-8-9-16-15-17(12-13-18(16)19)21(26)27-14-7-5-6-11-20(27)25;1-2/h8-10,12-13,15,25-26H,5-7,11,14H2,1-4H3;1-2H3. The lowest BCUT2D eigenvalue weighted by Crippen LogP contribution is -2.41. The molecule has 0 bridgehead atoms. The number of amidine groups is 2. The Balaban J connectivity index is 0.00000132. The molecule has 0 spiro atoms. The number of fused-ring (bicyclic) bond motifs is 1. The smallest absolute Gasteiger partial charge is 0.399 e. The van der Waals surface area contributed by atoms with E-state index in [1.54, 1.807) is 0 Å². The Morgan fingerprint density at radius 1 is 0.968 bits per heavy atom. The lowest BCUT2D eigenvalue weighted by molar-refractivity contribution is 0.00578. The van der Waals surface area contributed by atoms with Crippen LogP contribution < -0.4 is 5.46 Å². The Bertz CT molecular complexity index is 954. The molecule has 2 aliphatic heterocycles. The van der Waals surface area contributed by atoms with Crippen LogP contribution in [-0.4, -0.2) is 41.4 Å². The van der Waals surface area contributed by atoms with Gasteiger partial charge in [0.1, 0.15) is 11.7 Å². The predicted molar refractivity (Wildman–Crippen MR) is 131 cm³/mol. The minimum Gasteiger partial charge on any atom is -0.399 e. The number of benzene rings is 2. The highest BCUT2D eigenvalue weighted by atomic mass is 16.7. The minimum absolute atomic E-state index is 0.380. The van der Waals surface area contributed by atoms with Crippen LogP contribution in [0.15, 0.2) is 36.4 Å². The summed E-state index contributed by atoms with van der Waals surface area (Å²) in [7, 11) is -0.409. The van der Waals surface area contributed by atoms with Gasteiger partial charge in [-0.1, -0.05) is 50.6 Å². The lowest BCUT2D eigenvalue weighted by Gasteiger charge is -2.32. The van der Waals surface area contributed by atoms with Crippen LogP contribution in [0.2, 0.25) is 0 Å². The molecule has 0 radical (unpaired) electrons. The fraction of sp³-hybridized carbons (Fsp3) is 0.520. The number of hydrogen-bond donors (Lipinski definition) is 2. The third-order valence-corrected chi connectivity index (χ3v) is 6.59. The van der Waals surface area contributed by atoms with Crippen molar-refractivity contribution in [2.24, 2.45) is 0 Å². The van der Waals surface area contributed by atoms with Gasteiger partial charge in [-0.15, -0.1) is 0 Å². The van der Waals surface area contributed by atoms with Crippen molar-refractivity contribution in [1.82, 2.24) is 4.90 Å². The number of likely N-dealkylation sites (tertiary alicyclic amines) is 1. The maximum atomic E-state index is 8.69. The van der Waals surface area contributed by atoms with E-state index in [4.69, 9.17) is 20.1 Å². The third kappa shape index (κ3) is 4.56. The summed E-state index contributed by atoms with van der Waals surface area (Å²) in [6.45, 7) is 13.0. The highest BCUT2D eigenvalue weighted by Gasteiger charge is 2.52. The van der Waals surface area contributed by atoms with E-state index < -0.39 is 7.12 Å². The number of hydrogen-bond acceptors (Lipinski definition) is 4. The van der Waals surface area contributed by atoms with Crippen LogP contribution in [-0.2, 0) is 9.31 Å². The first-order valence-electron chi connectivity index (χ1n) is 11.5. The van der Waals surface area contributed by atoms with Crippen LogP contribution in [0.4, 0.5) is 0 Å². The van der Waals surface area contributed by atoms with Crippen LogP contribution in [0.1, 0.15) is 72.8 Å². The van der Waals surface area contributed by atoms with Gasteiger partial charge in [-0.2, -0.15) is 0 Å². The number of rotatable bonds is 2. The molecule has 2 aliphatic rings. The zero-order valence-electron chi connectivity index (χ0n) is 19.8. The molecule has 2 N–H and O–H groups in total. The van der Waals surface area contributed by atoms with Gasteiger partial charge in [0.15, 0.2) is 0 Å². The van der Waals surface area contributed by atoms with E-state index in [-0.39, 0.29) is 11.2 Å². The van der Waals surface area contributed by atoms with Crippen molar-refractivity contribution in [3.8, 4) is 0 Å². The summed E-state index contributed by atoms with van der Waals surface area (Å²) in [5.74, 6) is 0.971. The Labute approximate surface area is 187 Å². The molecule has 2 aromatic rings. The van der Waals surface area contributed by atoms with E-state index in [1.165, 1.54) is 0 Å². The maximum absolute atomic E-state index is 8.69. The van der Waals surface area contributed by atoms with E-state index in [9.17, 15) is 0 Å². The SMILES string of the molecule is CC.CC1(C)OB(c2cccc3cc(C(=N)N4CCCCCC4=N)ccc23)OC1(C)C. The van der Waals surface area contributed by atoms with Crippen LogP contribution in [0.3, 0.4) is 0 Å². The fourth-order valence-corrected chi connectivity index (χ4v) is 4.04. The van der Waals surface area contributed by atoms with Crippen molar-refractivity contribution in [2.45, 2.75) is 78.4 Å². The van der Waals surface area contributed by atoms with E-state index in [1.807, 2.05) is 36.9 Å². The largest absolute Gasteiger partial charge is 0.495 e. The van der Waals surface area contributed by atoms with Gasteiger partial charge in [0.05, 0.1) is 11.2 Å². The quantitative estimate of drug-likeness (QED) is 0.391. The fourth-order valence-electron chi connectivity index (χ4n) is 4.04. The molecular weight excluding hydrogens is 385 g/mol. The second kappa shape index (κ2) is 9.13. The molecule has 4 rings (SSSR count). The highest BCUT2D eigenvalue weighted by Crippen LogP contribution is 2.37. The molecule has 0 unspecified atom stereocenters. The van der Waals surface area contributed by atoms with Crippen LogP contribution in [0.25, 0.3) is 10.8 Å². The average Bonchev–Trinajstić information content (AvgIpc) is 2.88. The summed E-state index contributed by atoms with van der Waals surface area (Å²) in [6.07, 6.45) is 3.95. The minimum atomic E-state index is -0.409. The number of nitrogens with one attached hydrogen (secondary N) is 2. The Kier molecular flexibility index (Phi) is 6.92. The normalized spacial score (nSPS) is 20.3. The molecule has 6 heteroatoms. The molecule has 2 heterocycles. The zero-order chi connectivity index (χ0) is 22.8. The average molecular weight is 421 g/mol. The van der Waals surface area contributed by atoms with Gasteiger partial charge in [-0.05, 0) is 62.8 Å². The van der Waals surface area contributed by atoms with Gasteiger partial charge >= 0.3 is 7.12 Å². The molecule has 5 nitrogen and oxygen atoms in total. The molecule has 0 aliphatic carbocycles. The van der Waals surface area contributed by atoms with Gasteiger partial charge in [0.25, 0.3) is 0 Å². The molecule has 0 amide bonds. The topological polar surface area (TPSA) is 69.4 Å².